The van der Waals surface area contributed by atoms with Gasteiger partial charge < -0.3 is 11.1 Å². The van der Waals surface area contributed by atoms with Crippen LogP contribution in [0, 0.1) is 11.3 Å². The maximum Gasteiger partial charge on any atom is 0.249 e. The number of nitriles is 1. The lowest BCUT2D eigenvalue weighted by Gasteiger charge is -2.10. The van der Waals surface area contributed by atoms with E-state index in [2.05, 4.69) is 5.32 Å². The van der Waals surface area contributed by atoms with Crippen LogP contribution in [0.1, 0.15) is 21.5 Å². The van der Waals surface area contributed by atoms with Crippen LogP contribution in [0.25, 0.3) is 0 Å². The van der Waals surface area contributed by atoms with Gasteiger partial charge in [-0.15, -0.1) is 0 Å². The average molecular weight is 286 g/mol. The largest absolute Gasteiger partial charge is 0.381 e. The van der Waals surface area contributed by atoms with Crippen molar-refractivity contribution in [1.82, 2.24) is 0 Å². The number of hydrogen-bond acceptors (Lipinski definition) is 3. The van der Waals surface area contributed by atoms with E-state index in [1.807, 2.05) is 18.2 Å². The second-order valence-corrected chi connectivity index (χ2v) is 4.59. The molecule has 0 bridgehead atoms. The number of rotatable bonds is 4. The van der Waals surface area contributed by atoms with Crippen LogP contribution in [0.15, 0.2) is 42.5 Å². The van der Waals surface area contributed by atoms with Crippen molar-refractivity contribution >= 4 is 23.2 Å². The van der Waals surface area contributed by atoms with Crippen molar-refractivity contribution in [2.45, 2.75) is 6.54 Å². The third-order valence-corrected chi connectivity index (χ3v) is 3.17. The van der Waals surface area contributed by atoms with Crippen LogP contribution < -0.4 is 11.1 Å². The molecule has 2 aromatic carbocycles. The van der Waals surface area contributed by atoms with Crippen molar-refractivity contribution in [1.29, 1.82) is 5.26 Å². The Hall–Kier alpha value is -2.51. The highest BCUT2D eigenvalue weighted by atomic mass is 35.5. The topological polar surface area (TPSA) is 78.9 Å². The molecule has 0 saturated heterocycles. The van der Waals surface area contributed by atoms with Gasteiger partial charge in [0.15, 0.2) is 0 Å². The molecular weight excluding hydrogens is 274 g/mol. The summed E-state index contributed by atoms with van der Waals surface area (Å²) in [6, 6.07) is 14.2. The second-order valence-electron chi connectivity index (χ2n) is 4.18. The number of nitrogens with zero attached hydrogens (tertiary/aromatic N) is 1. The van der Waals surface area contributed by atoms with Gasteiger partial charge in [-0.25, -0.2) is 0 Å². The minimum Gasteiger partial charge on any atom is -0.381 e. The van der Waals surface area contributed by atoms with E-state index in [1.54, 1.807) is 30.3 Å². The zero-order valence-electron chi connectivity index (χ0n) is 10.6. The summed E-state index contributed by atoms with van der Waals surface area (Å²) in [5.74, 6) is -0.458. The number of halogens is 1. The normalized spacial score (nSPS) is 9.80. The summed E-state index contributed by atoms with van der Waals surface area (Å²) in [6.45, 7) is 0.446. The third-order valence-electron chi connectivity index (χ3n) is 2.86. The highest BCUT2D eigenvalue weighted by molar-refractivity contribution is 6.32. The van der Waals surface area contributed by atoms with Crippen molar-refractivity contribution in [3.8, 4) is 6.07 Å². The Morgan fingerprint density at radius 1 is 1.30 bits per heavy atom. The summed E-state index contributed by atoms with van der Waals surface area (Å²) >= 11 is 5.96. The Balaban J connectivity index is 2.15. The highest BCUT2D eigenvalue weighted by Gasteiger charge is 2.07. The molecule has 0 heterocycles. The summed E-state index contributed by atoms with van der Waals surface area (Å²) in [5, 5.41) is 12.3. The quantitative estimate of drug-likeness (QED) is 0.906. The molecule has 5 heteroatoms. The average Bonchev–Trinajstić information content (AvgIpc) is 2.45. The SMILES string of the molecule is N#Cc1ccc(NCc2ccccc2C(N)=O)cc1Cl. The summed E-state index contributed by atoms with van der Waals surface area (Å²) in [5.41, 5.74) is 7.81. The van der Waals surface area contributed by atoms with Crippen LogP contribution in [0.5, 0.6) is 0 Å². The molecule has 0 aliphatic rings. The highest BCUT2D eigenvalue weighted by Crippen LogP contribution is 2.21. The number of nitrogens with two attached hydrogens (primary N) is 1. The number of anilines is 1. The fourth-order valence-electron chi connectivity index (χ4n) is 1.83. The molecule has 0 unspecified atom stereocenters. The molecule has 4 nitrogen and oxygen atoms in total. The lowest BCUT2D eigenvalue weighted by Crippen LogP contribution is -2.15. The number of carbonyl (C=O) groups is 1. The smallest absolute Gasteiger partial charge is 0.249 e. The van der Waals surface area contributed by atoms with Gasteiger partial charge in [0.1, 0.15) is 6.07 Å². The van der Waals surface area contributed by atoms with E-state index in [1.165, 1.54) is 0 Å². The molecule has 20 heavy (non-hydrogen) atoms. The lowest BCUT2D eigenvalue weighted by atomic mass is 10.1. The van der Waals surface area contributed by atoms with E-state index in [9.17, 15) is 4.79 Å². The molecule has 0 atom stereocenters. The molecule has 0 fully saturated rings. The predicted molar refractivity (Wildman–Crippen MR) is 78.5 cm³/mol. The third kappa shape index (κ3) is 3.08. The summed E-state index contributed by atoms with van der Waals surface area (Å²) in [4.78, 5) is 11.3. The monoisotopic (exact) mass is 285 g/mol. The van der Waals surface area contributed by atoms with Crippen LogP contribution in [-0.4, -0.2) is 5.91 Å². The van der Waals surface area contributed by atoms with Gasteiger partial charge in [-0.1, -0.05) is 29.8 Å². The number of amides is 1. The molecule has 2 aromatic rings. The second kappa shape index (κ2) is 6.09. The molecule has 3 N–H and O–H groups in total. The minimum atomic E-state index is -0.458. The van der Waals surface area contributed by atoms with Gasteiger partial charge in [-0.05, 0) is 29.8 Å². The van der Waals surface area contributed by atoms with Crippen molar-refractivity contribution in [3.05, 3.63) is 64.2 Å². The first-order chi connectivity index (χ1) is 9.61. The van der Waals surface area contributed by atoms with E-state index in [0.717, 1.165) is 11.3 Å². The lowest BCUT2D eigenvalue weighted by molar-refractivity contribution is 0.0999. The minimum absolute atomic E-state index is 0.390. The number of primary amides is 1. The molecule has 0 spiro atoms. The van der Waals surface area contributed by atoms with Gasteiger partial charge in [0.2, 0.25) is 5.91 Å². The Morgan fingerprint density at radius 3 is 2.70 bits per heavy atom. The Morgan fingerprint density at radius 2 is 2.05 bits per heavy atom. The molecule has 0 aromatic heterocycles. The van der Waals surface area contributed by atoms with Crippen molar-refractivity contribution in [2.24, 2.45) is 5.73 Å². The maximum absolute atomic E-state index is 11.3. The van der Waals surface area contributed by atoms with E-state index in [4.69, 9.17) is 22.6 Å². The van der Waals surface area contributed by atoms with E-state index in [-0.39, 0.29) is 0 Å². The molecule has 0 radical (unpaired) electrons. The fourth-order valence-corrected chi connectivity index (χ4v) is 2.05. The fraction of sp³-hybridized carbons (Fsp3) is 0.0667. The molecule has 0 aliphatic heterocycles. The zero-order chi connectivity index (χ0) is 14.5. The van der Waals surface area contributed by atoms with Crippen molar-refractivity contribution in [3.63, 3.8) is 0 Å². The van der Waals surface area contributed by atoms with Crippen LogP contribution >= 0.6 is 11.6 Å². The van der Waals surface area contributed by atoms with Crippen LogP contribution in [0.2, 0.25) is 5.02 Å². The first kappa shape index (κ1) is 13.9. The van der Waals surface area contributed by atoms with Crippen LogP contribution in [-0.2, 0) is 6.54 Å². The molecule has 100 valence electrons. The van der Waals surface area contributed by atoms with Gasteiger partial charge in [0.25, 0.3) is 0 Å². The molecule has 0 aliphatic carbocycles. The van der Waals surface area contributed by atoms with Crippen molar-refractivity contribution in [2.75, 3.05) is 5.32 Å². The summed E-state index contributed by atoms with van der Waals surface area (Å²) < 4.78 is 0. The van der Waals surface area contributed by atoms with Crippen LogP contribution in [0.3, 0.4) is 0 Å². The van der Waals surface area contributed by atoms with Gasteiger partial charge in [0, 0.05) is 17.8 Å². The molecule has 0 saturated carbocycles. The number of hydrogen-bond donors (Lipinski definition) is 2. The van der Waals surface area contributed by atoms with Gasteiger partial charge in [-0.3, -0.25) is 4.79 Å². The molecule has 2 rings (SSSR count). The van der Waals surface area contributed by atoms with E-state index >= 15 is 0 Å². The van der Waals surface area contributed by atoms with Gasteiger partial charge in [0.05, 0.1) is 10.6 Å². The molecule has 1 amide bonds. The first-order valence-corrected chi connectivity index (χ1v) is 6.31. The standard InChI is InChI=1S/C15H12ClN3O/c16-14-7-12(6-5-10(14)8-17)19-9-11-3-1-2-4-13(11)15(18)20/h1-7,19H,9H2,(H2,18,20). The number of nitrogens with one attached hydrogen (secondary N) is 1. The van der Waals surface area contributed by atoms with Gasteiger partial charge in [-0.2, -0.15) is 5.26 Å². The molecular formula is C15H12ClN3O. The van der Waals surface area contributed by atoms with Crippen molar-refractivity contribution < 1.29 is 4.79 Å². The van der Waals surface area contributed by atoms with E-state index < -0.39 is 5.91 Å². The summed E-state index contributed by atoms with van der Waals surface area (Å²) in [7, 11) is 0. The zero-order valence-corrected chi connectivity index (χ0v) is 11.3. The Kier molecular flexibility index (Phi) is 4.24. The number of carbonyl (C=O) groups excluding carboxylic acids is 1. The van der Waals surface area contributed by atoms with Gasteiger partial charge >= 0.3 is 0 Å². The maximum atomic E-state index is 11.3. The van der Waals surface area contributed by atoms with Crippen LogP contribution in [0.4, 0.5) is 5.69 Å². The predicted octanol–water partition coefficient (Wildman–Crippen LogP) is 2.92. The summed E-state index contributed by atoms with van der Waals surface area (Å²) in [6.07, 6.45) is 0. The Bertz CT molecular complexity index is 692. The Labute approximate surface area is 121 Å². The van der Waals surface area contributed by atoms with E-state index in [0.29, 0.717) is 22.7 Å². The first-order valence-electron chi connectivity index (χ1n) is 5.93. The number of benzene rings is 2.